The number of nitrogens with zero attached hydrogens (tertiary/aromatic N) is 2. The second kappa shape index (κ2) is 3.16. The zero-order valence-electron chi connectivity index (χ0n) is 5.77. The number of hydrogen-bond acceptors (Lipinski definition) is 4. The first-order valence-electron chi connectivity index (χ1n) is 3.12. The van der Waals surface area contributed by atoms with Gasteiger partial charge in [-0.15, -0.1) is 5.17 Å². The molecular formula is C6H8N2O3. The molecule has 2 N–H and O–H groups in total. The van der Waals surface area contributed by atoms with Crippen LogP contribution in [0.2, 0.25) is 0 Å². The Balaban J connectivity index is 2.57. The molecule has 0 saturated carbocycles. The highest BCUT2D eigenvalue weighted by Crippen LogP contribution is 2.10. The Labute approximate surface area is 63.2 Å². The molecule has 0 radical (unpaired) electrons. The number of aliphatic carboxylic acids is 1. The molecule has 0 saturated heterocycles. The summed E-state index contributed by atoms with van der Waals surface area (Å²) in [4.78, 5) is 10.2. The molecule has 60 valence electrons. The Morgan fingerprint density at radius 2 is 2.55 bits per heavy atom. The lowest BCUT2D eigenvalue weighted by molar-refractivity contribution is -0.138. The van der Waals surface area contributed by atoms with Crippen LogP contribution in [0.4, 0.5) is 0 Å². The van der Waals surface area contributed by atoms with Crippen LogP contribution in [0, 0.1) is 0 Å². The third-order valence-corrected chi connectivity index (χ3v) is 1.24. The van der Waals surface area contributed by atoms with Crippen molar-refractivity contribution in [3.05, 3.63) is 11.8 Å². The first-order valence-corrected chi connectivity index (χ1v) is 3.12. The predicted octanol–water partition coefficient (Wildman–Crippen LogP) is 0.426. The Hall–Kier alpha value is -1.36. The highest BCUT2D eigenvalue weighted by molar-refractivity contribution is 5.70. The summed E-state index contributed by atoms with van der Waals surface area (Å²) in [5.41, 5.74) is 0.306. The fourth-order valence-electron chi connectivity index (χ4n) is 0.767. The first kappa shape index (κ1) is 7.74. The summed E-state index contributed by atoms with van der Waals surface area (Å²) in [6.45, 7) is 0. The maximum Gasteiger partial charge on any atom is 0.309 e. The van der Waals surface area contributed by atoms with E-state index in [2.05, 4.69) is 5.10 Å². The average molecular weight is 156 g/mol. The van der Waals surface area contributed by atoms with E-state index in [1.54, 1.807) is 6.08 Å². The van der Waals surface area contributed by atoms with E-state index >= 15 is 0 Å². The Kier molecular flexibility index (Phi) is 2.22. The summed E-state index contributed by atoms with van der Waals surface area (Å²) in [7, 11) is 0. The van der Waals surface area contributed by atoms with Gasteiger partial charge in [0, 0.05) is 12.6 Å². The first-order chi connectivity index (χ1) is 5.20. The summed E-state index contributed by atoms with van der Waals surface area (Å²) in [5, 5.41) is 21.4. The van der Waals surface area contributed by atoms with Crippen LogP contribution in [0.1, 0.15) is 12.8 Å². The second-order valence-electron chi connectivity index (χ2n) is 2.09. The lowest BCUT2D eigenvalue weighted by Gasteiger charge is -2.15. The molecule has 1 heterocycles. The molecule has 11 heavy (non-hydrogen) atoms. The molecule has 1 aliphatic heterocycles. The topological polar surface area (TPSA) is 73.1 Å². The summed E-state index contributed by atoms with van der Waals surface area (Å²) in [5.74, 6) is -0.979. The van der Waals surface area contributed by atoms with Gasteiger partial charge in [-0.3, -0.25) is 10.0 Å². The van der Waals surface area contributed by atoms with Crippen LogP contribution in [0.5, 0.6) is 0 Å². The second-order valence-corrected chi connectivity index (χ2v) is 2.09. The van der Waals surface area contributed by atoms with Gasteiger partial charge in [-0.25, -0.2) is 0 Å². The third-order valence-electron chi connectivity index (χ3n) is 1.24. The van der Waals surface area contributed by atoms with Gasteiger partial charge < -0.3 is 5.11 Å². The molecule has 1 rings (SSSR count). The number of allylic oxidation sites excluding steroid dienone is 1. The van der Waals surface area contributed by atoms with Gasteiger partial charge in [0.25, 0.3) is 0 Å². The van der Waals surface area contributed by atoms with Crippen molar-refractivity contribution in [1.82, 2.24) is 5.17 Å². The van der Waals surface area contributed by atoms with Crippen LogP contribution in [-0.4, -0.2) is 27.7 Å². The quantitative estimate of drug-likeness (QED) is 0.607. The van der Waals surface area contributed by atoms with Crippen LogP contribution in [-0.2, 0) is 4.79 Å². The molecule has 5 heteroatoms. The minimum Gasteiger partial charge on any atom is -0.481 e. The smallest absolute Gasteiger partial charge is 0.309 e. The van der Waals surface area contributed by atoms with E-state index in [-0.39, 0.29) is 6.42 Å². The summed E-state index contributed by atoms with van der Waals surface area (Å²) < 4.78 is 0. The Morgan fingerprint density at radius 3 is 3.09 bits per heavy atom. The Morgan fingerprint density at radius 1 is 1.82 bits per heavy atom. The van der Waals surface area contributed by atoms with Crippen molar-refractivity contribution < 1.29 is 15.1 Å². The molecule has 0 atom stereocenters. The van der Waals surface area contributed by atoms with Gasteiger partial charge in [0.2, 0.25) is 0 Å². The van der Waals surface area contributed by atoms with E-state index in [1.807, 2.05) is 0 Å². The van der Waals surface area contributed by atoms with Gasteiger partial charge in [0.15, 0.2) is 0 Å². The maximum atomic E-state index is 10.2. The molecule has 0 spiro atoms. The van der Waals surface area contributed by atoms with Crippen LogP contribution in [0.3, 0.4) is 0 Å². The van der Waals surface area contributed by atoms with Gasteiger partial charge in [0.1, 0.15) is 0 Å². The molecule has 0 aromatic heterocycles. The average Bonchev–Trinajstić information content (AvgIpc) is 1.93. The molecule has 0 amide bonds. The van der Waals surface area contributed by atoms with Crippen LogP contribution in [0.25, 0.3) is 0 Å². The lowest BCUT2D eigenvalue weighted by Crippen LogP contribution is -2.17. The van der Waals surface area contributed by atoms with E-state index in [4.69, 9.17) is 10.3 Å². The SMILES string of the molecule is O=C(O)CC1=CCC=NN1O. The van der Waals surface area contributed by atoms with E-state index in [1.165, 1.54) is 6.21 Å². The van der Waals surface area contributed by atoms with Crippen molar-refractivity contribution in [2.45, 2.75) is 12.8 Å². The van der Waals surface area contributed by atoms with Crippen LogP contribution >= 0.6 is 0 Å². The molecule has 0 aliphatic carbocycles. The van der Waals surface area contributed by atoms with Gasteiger partial charge in [-0.1, -0.05) is 6.08 Å². The molecule has 5 nitrogen and oxygen atoms in total. The molecule has 0 aromatic rings. The number of hydroxylamine groups is 1. The fourth-order valence-corrected chi connectivity index (χ4v) is 0.767. The van der Waals surface area contributed by atoms with Gasteiger partial charge >= 0.3 is 5.97 Å². The summed E-state index contributed by atoms with van der Waals surface area (Å²) in [6, 6.07) is 0. The van der Waals surface area contributed by atoms with Crippen LogP contribution < -0.4 is 0 Å². The van der Waals surface area contributed by atoms with Gasteiger partial charge in [0.05, 0.1) is 12.1 Å². The van der Waals surface area contributed by atoms with Gasteiger partial charge in [-0.2, -0.15) is 5.10 Å². The Bertz CT molecular complexity index is 222. The van der Waals surface area contributed by atoms with Crippen molar-refractivity contribution in [2.24, 2.45) is 5.10 Å². The van der Waals surface area contributed by atoms with Gasteiger partial charge in [-0.05, 0) is 0 Å². The number of hydrogen-bond donors (Lipinski definition) is 2. The highest BCUT2D eigenvalue weighted by Gasteiger charge is 2.11. The van der Waals surface area contributed by atoms with E-state index < -0.39 is 5.97 Å². The normalized spacial score (nSPS) is 16.5. The molecule has 1 aliphatic rings. The minimum atomic E-state index is -0.979. The zero-order chi connectivity index (χ0) is 8.27. The lowest BCUT2D eigenvalue weighted by atomic mass is 10.2. The molecule has 0 aromatic carbocycles. The van der Waals surface area contributed by atoms with Crippen LogP contribution in [0.15, 0.2) is 16.9 Å². The van der Waals surface area contributed by atoms with E-state index in [9.17, 15) is 4.79 Å². The number of hydrazone groups is 1. The molecule has 0 unspecified atom stereocenters. The molecule has 0 fully saturated rings. The monoisotopic (exact) mass is 156 g/mol. The molecule has 0 bridgehead atoms. The fraction of sp³-hybridized carbons (Fsp3) is 0.333. The largest absolute Gasteiger partial charge is 0.481 e. The summed E-state index contributed by atoms with van der Waals surface area (Å²) >= 11 is 0. The van der Waals surface area contributed by atoms with E-state index in [0.29, 0.717) is 17.3 Å². The van der Waals surface area contributed by atoms with Crippen molar-refractivity contribution in [3.63, 3.8) is 0 Å². The van der Waals surface area contributed by atoms with Crippen molar-refractivity contribution in [3.8, 4) is 0 Å². The van der Waals surface area contributed by atoms with Crippen molar-refractivity contribution in [1.29, 1.82) is 0 Å². The number of carbonyl (C=O) groups is 1. The standard InChI is InChI=1S/C6H8N2O3/c9-6(10)4-5-2-1-3-7-8(5)11/h2-3,11H,1,4H2,(H,9,10). The van der Waals surface area contributed by atoms with Crippen molar-refractivity contribution >= 4 is 12.2 Å². The number of carboxylic acid groups (broad SMARTS) is 1. The van der Waals surface area contributed by atoms with Crippen molar-refractivity contribution in [2.75, 3.05) is 0 Å². The zero-order valence-corrected chi connectivity index (χ0v) is 5.77. The molecular weight excluding hydrogens is 148 g/mol. The summed E-state index contributed by atoms with van der Waals surface area (Å²) in [6.07, 6.45) is 3.47. The van der Waals surface area contributed by atoms with E-state index in [0.717, 1.165) is 0 Å². The number of rotatable bonds is 2. The third kappa shape index (κ3) is 2.05. The predicted molar refractivity (Wildman–Crippen MR) is 37.1 cm³/mol. The highest BCUT2D eigenvalue weighted by atomic mass is 16.5. The number of carboxylic acids is 1. The maximum absolute atomic E-state index is 10.2. The minimum absolute atomic E-state index is 0.201.